The number of fused-ring (bicyclic) bond motifs is 2. The van der Waals surface area contributed by atoms with E-state index in [0.29, 0.717) is 13.2 Å². The zero-order chi connectivity index (χ0) is 16.9. The molecule has 0 aliphatic heterocycles. The Bertz CT molecular complexity index is 905. The van der Waals surface area contributed by atoms with E-state index < -0.39 is 0 Å². The lowest BCUT2D eigenvalue weighted by Gasteiger charge is -2.04. The third-order valence-electron chi connectivity index (χ3n) is 4.53. The third-order valence-corrected chi connectivity index (χ3v) is 4.53. The molecule has 0 radical (unpaired) electrons. The van der Waals surface area contributed by atoms with E-state index in [9.17, 15) is 0 Å². The summed E-state index contributed by atoms with van der Waals surface area (Å²) < 4.78 is 10.4. The maximum absolute atomic E-state index is 5.90. The molecule has 0 N–H and O–H groups in total. The van der Waals surface area contributed by atoms with Gasteiger partial charge in [-0.3, -0.25) is 0 Å². The molecule has 4 rings (SSSR count). The van der Waals surface area contributed by atoms with Crippen molar-refractivity contribution in [2.24, 2.45) is 0 Å². The minimum Gasteiger partial charge on any atom is -0.368 e. The van der Waals surface area contributed by atoms with Gasteiger partial charge in [0.25, 0.3) is 0 Å². The van der Waals surface area contributed by atoms with Gasteiger partial charge in [-0.15, -0.1) is 0 Å². The van der Waals surface area contributed by atoms with Gasteiger partial charge >= 0.3 is 0 Å². The Hall–Kier alpha value is -2.78. The molecule has 0 atom stereocenters. The van der Waals surface area contributed by atoms with Crippen molar-refractivity contribution < 1.29 is 13.9 Å². The number of ether oxygens (including phenoxy) is 1. The first-order valence-corrected chi connectivity index (χ1v) is 8.74. The summed E-state index contributed by atoms with van der Waals surface area (Å²) in [6.45, 7) is 3.15. The topological polar surface area (TPSA) is 17.0 Å². The van der Waals surface area contributed by atoms with Crippen molar-refractivity contribution in [1.29, 1.82) is 0 Å². The second-order valence-electron chi connectivity index (χ2n) is 6.13. The Labute approximate surface area is 147 Å². The van der Waals surface area contributed by atoms with Crippen LogP contribution in [0.2, 0.25) is 0 Å². The largest absolute Gasteiger partial charge is 0.368 e. The first-order valence-electron chi connectivity index (χ1n) is 8.74. The van der Waals surface area contributed by atoms with Gasteiger partial charge in [-0.05, 0) is 24.3 Å². The molecule has 0 aliphatic carbocycles. The van der Waals surface area contributed by atoms with Crippen molar-refractivity contribution in [2.75, 3.05) is 13.2 Å². The summed E-state index contributed by atoms with van der Waals surface area (Å²) in [6.07, 6.45) is 4.23. The fourth-order valence-corrected chi connectivity index (χ4v) is 3.26. The molecule has 0 aliphatic rings. The van der Waals surface area contributed by atoms with E-state index in [-0.39, 0.29) is 0 Å². The lowest BCUT2D eigenvalue weighted by molar-refractivity contribution is -0.680. The minimum absolute atomic E-state index is 0.712. The molecule has 0 fully saturated rings. The van der Waals surface area contributed by atoms with Gasteiger partial charge in [-0.1, -0.05) is 24.3 Å². The SMILES string of the molecule is c1ccc2c(c1)ccc[n+]2CCOCC[n+]1cccc2ccccc21. The summed E-state index contributed by atoms with van der Waals surface area (Å²) in [7, 11) is 0. The van der Waals surface area contributed by atoms with E-state index in [1.54, 1.807) is 0 Å². The molecule has 2 aromatic carbocycles. The highest BCUT2D eigenvalue weighted by Crippen LogP contribution is 2.08. The minimum atomic E-state index is 0.712. The van der Waals surface area contributed by atoms with E-state index in [0.717, 1.165) is 13.1 Å². The van der Waals surface area contributed by atoms with Crippen molar-refractivity contribution in [3.63, 3.8) is 0 Å². The number of nitrogens with zero attached hydrogens (tertiary/aromatic N) is 2. The standard InChI is InChI=1S/C22H22N2O/c1-3-11-21-19(7-1)9-5-13-23(21)15-17-25-18-16-24-14-6-10-20-8-2-4-12-22(20)24/h1-14H,15-18H2/q+2. The van der Waals surface area contributed by atoms with Gasteiger partial charge in [0.05, 0.1) is 0 Å². The van der Waals surface area contributed by atoms with Gasteiger partial charge in [0.15, 0.2) is 25.5 Å². The highest BCUT2D eigenvalue weighted by Gasteiger charge is 2.09. The fraction of sp³-hybridized carbons (Fsp3) is 0.182. The number of rotatable bonds is 6. The second-order valence-corrected chi connectivity index (χ2v) is 6.13. The lowest BCUT2D eigenvalue weighted by Crippen LogP contribution is -2.38. The summed E-state index contributed by atoms with van der Waals surface area (Å²) in [5.74, 6) is 0. The molecular weight excluding hydrogens is 308 g/mol. The molecule has 25 heavy (non-hydrogen) atoms. The molecule has 0 saturated heterocycles. The molecule has 2 heterocycles. The molecule has 0 amide bonds. The van der Waals surface area contributed by atoms with Gasteiger partial charge in [-0.2, -0.15) is 9.13 Å². The van der Waals surface area contributed by atoms with Gasteiger partial charge in [0, 0.05) is 35.0 Å². The third kappa shape index (κ3) is 3.52. The number of benzene rings is 2. The number of hydrogen-bond donors (Lipinski definition) is 0. The Morgan fingerprint density at radius 3 is 1.52 bits per heavy atom. The van der Waals surface area contributed by atoms with Gasteiger partial charge in [0.1, 0.15) is 13.2 Å². The first kappa shape index (κ1) is 15.7. The second kappa shape index (κ2) is 7.41. The Morgan fingerprint density at radius 2 is 1.00 bits per heavy atom. The molecule has 3 nitrogen and oxygen atoms in total. The molecule has 3 heteroatoms. The number of pyridine rings is 2. The van der Waals surface area contributed by atoms with Crippen LogP contribution in [0.3, 0.4) is 0 Å². The van der Waals surface area contributed by atoms with E-state index >= 15 is 0 Å². The highest BCUT2D eigenvalue weighted by atomic mass is 16.5. The van der Waals surface area contributed by atoms with Crippen LogP contribution < -0.4 is 9.13 Å². The van der Waals surface area contributed by atoms with Crippen molar-refractivity contribution in [3.05, 3.63) is 85.2 Å². The van der Waals surface area contributed by atoms with E-state index in [2.05, 4.69) is 94.3 Å². The summed E-state index contributed by atoms with van der Waals surface area (Å²) >= 11 is 0. The van der Waals surface area contributed by atoms with E-state index in [1.165, 1.54) is 21.8 Å². The number of aromatic nitrogens is 2. The van der Waals surface area contributed by atoms with Crippen LogP contribution >= 0.6 is 0 Å². The monoisotopic (exact) mass is 330 g/mol. The van der Waals surface area contributed by atoms with Crippen LogP contribution in [0, 0.1) is 0 Å². The van der Waals surface area contributed by atoms with Crippen molar-refractivity contribution >= 4 is 21.8 Å². The lowest BCUT2D eigenvalue weighted by atomic mass is 10.2. The molecule has 0 saturated carbocycles. The van der Waals surface area contributed by atoms with Crippen LogP contribution in [0.4, 0.5) is 0 Å². The zero-order valence-electron chi connectivity index (χ0n) is 14.2. The Kier molecular flexibility index (Phi) is 4.66. The summed E-state index contributed by atoms with van der Waals surface area (Å²) in [4.78, 5) is 0. The molecule has 0 bridgehead atoms. The average molecular weight is 330 g/mol. The van der Waals surface area contributed by atoms with Gasteiger partial charge in [-0.25, -0.2) is 0 Å². The Balaban J connectivity index is 1.35. The molecule has 0 unspecified atom stereocenters. The van der Waals surface area contributed by atoms with Crippen molar-refractivity contribution in [3.8, 4) is 0 Å². The smallest absolute Gasteiger partial charge is 0.212 e. The van der Waals surface area contributed by atoms with Crippen LogP contribution in [0.5, 0.6) is 0 Å². The normalized spacial score (nSPS) is 11.2. The maximum atomic E-state index is 5.90. The van der Waals surface area contributed by atoms with Gasteiger partial charge < -0.3 is 4.74 Å². The average Bonchev–Trinajstić information content (AvgIpc) is 2.68. The van der Waals surface area contributed by atoms with Crippen molar-refractivity contribution in [2.45, 2.75) is 13.1 Å². The quantitative estimate of drug-likeness (QED) is 0.392. The van der Waals surface area contributed by atoms with Crippen LogP contribution in [-0.2, 0) is 17.8 Å². The predicted molar refractivity (Wildman–Crippen MR) is 99.1 cm³/mol. The van der Waals surface area contributed by atoms with Crippen LogP contribution in [0.25, 0.3) is 21.8 Å². The Morgan fingerprint density at radius 1 is 0.560 bits per heavy atom. The predicted octanol–water partition coefficient (Wildman–Crippen LogP) is 3.28. The molecule has 2 aromatic heterocycles. The highest BCUT2D eigenvalue weighted by molar-refractivity contribution is 5.75. The summed E-state index contributed by atoms with van der Waals surface area (Å²) in [5.41, 5.74) is 2.49. The van der Waals surface area contributed by atoms with Gasteiger partial charge in [0.2, 0.25) is 11.0 Å². The molecule has 124 valence electrons. The number of hydrogen-bond acceptors (Lipinski definition) is 1. The van der Waals surface area contributed by atoms with E-state index in [4.69, 9.17) is 4.74 Å². The van der Waals surface area contributed by atoms with E-state index in [1.807, 2.05) is 0 Å². The van der Waals surface area contributed by atoms with Crippen LogP contribution in [0.1, 0.15) is 0 Å². The summed E-state index contributed by atoms with van der Waals surface area (Å²) in [6, 6.07) is 25.4. The number of para-hydroxylation sites is 2. The zero-order valence-corrected chi connectivity index (χ0v) is 14.2. The first-order chi connectivity index (χ1) is 12.4. The van der Waals surface area contributed by atoms with Crippen molar-refractivity contribution in [1.82, 2.24) is 0 Å². The maximum Gasteiger partial charge on any atom is 0.212 e. The summed E-state index contributed by atoms with van der Waals surface area (Å²) in [5, 5.41) is 2.52. The molecule has 4 aromatic rings. The fourth-order valence-electron chi connectivity index (χ4n) is 3.26. The molecule has 0 spiro atoms. The van der Waals surface area contributed by atoms with Crippen LogP contribution in [0.15, 0.2) is 85.2 Å². The van der Waals surface area contributed by atoms with Crippen LogP contribution in [-0.4, -0.2) is 13.2 Å². The molecular formula is C22H22N2O+2.